The average Bonchev–Trinajstić information content (AvgIpc) is 2.26. The smallest absolute Gasteiger partial charge is 0.128 e. The van der Waals surface area contributed by atoms with Crippen LogP contribution in [0.3, 0.4) is 0 Å². The van der Waals surface area contributed by atoms with Gasteiger partial charge in [0.05, 0.1) is 6.61 Å². The van der Waals surface area contributed by atoms with E-state index < -0.39 is 0 Å². The first-order chi connectivity index (χ1) is 7.41. The maximum Gasteiger partial charge on any atom is 0.128 e. The van der Waals surface area contributed by atoms with Gasteiger partial charge in [0.25, 0.3) is 0 Å². The summed E-state index contributed by atoms with van der Waals surface area (Å²) in [5.41, 5.74) is 0. The van der Waals surface area contributed by atoms with Crippen molar-refractivity contribution >= 4 is 0 Å². The molecule has 0 aromatic heterocycles. The normalized spacial score (nSPS) is 11.1. The summed E-state index contributed by atoms with van der Waals surface area (Å²) in [7, 11) is 0. The third kappa shape index (κ3) is 13.3. The van der Waals surface area contributed by atoms with E-state index in [1.807, 2.05) is 0 Å². The van der Waals surface area contributed by atoms with E-state index in [2.05, 4.69) is 36.9 Å². The zero-order valence-corrected chi connectivity index (χ0v) is 9.14. The lowest BCUT2D eigenvalue weighted by Crippen LogP contribution is -2.00. The van der Waals surface area contributed by atoms with Crippen LogP contribution in [0.4, 0.5) is 0 Å². The largest absolute Gasteiger partial charge is 0.314 e. The van der Waals surface area contributed by atoms with E-state index in [0.717, 1.165) is 12.8 Å². The molecule has 0 aliphatic rings. The van der Waals surface area contributed by atoms with E-state index in [4.69, 9.17) is 0 Å². The van der Waals surface area contributed by atoms with Crippen LogP contribution in [-0.2, 0) is 29.9 Å². The van der Waals surface area contributed by atoms with Gasteiger partial charge in [0.2, 0.25) is 0 Å². The third-order valence-electron chi connectivity index (χ3n) is 1.44. The fraction of sp³-hybridized carbons (Fsp3) is 0.778. The van der Waals surface area contributed by atoms with Crippen molar-refractivity contribution in [3.63, 3.8) is 0 Å². The maximum absolute atomic E-state index is 4.59. The Hall–Kier alpha value is -0.660. The quantitative estimate of drug-likeness (QED) is 0.232. The van der Waals surface area contributed by atoms with Gasteiger partial charge in [0.15, 0.2) is 0 Å². The first-order valence-electron chi connectivity index (χ1n) is 4.98. The van der Waals surface area contributed by atoms with Gasteiger partial charge in [-0.15, -0.1) is 0 Å². The Kier molecular flexibility index (Phi) is 12.8. The second kappa shape index (κ2) is 13.3. The van der Waals surface area contributed by atoms with Gasteiger partial charge >= 0.3 is 0 Å². The van der Waals surface area contributed by atoms with Gasteiger partial charge in [-0.05, 0) is 29.5 Å². The Balaban J connectivity index is 2.86. The van der Waals surface area contributed by atoms with E-state index in [1.165, 1.54) is 19.1 Å². The number of unbranched alkanes of at least 4 members (excludes halogenated alkanes) is 3. The van der Waals surface area contributed by atoms with Crippen molar-refractivity contribution < 1.29 is 29.9 Å². The molecule has 0 rings (SSSR count). The molecule has 0 heterocycles. The second-order valence-corrected chi connectivity index (χ2v) is 2.72. The molecule has 0 amide bonds. The van der Waals surface area contributed by atoms with Crippen LogP contribution >= 0.6 is 0 Å². The molecule has 0 spiro atoms. The molecular formula is C9H18O6. The minimum Gasteiger partial charge on any atom is -0.314 e. The van der Waals surface area contributed by atoms with Crippen molar-refractivity contribution in [3.05, 3.63) is 12.3 Å². The first-order valence-corrected chi connectivity index (χ1v) is 4.98. The zero-order valence-electron chi connectivity index (χ0n) is 9.14. The summed E-state index contributed by atoms with van der Waals surface area (Å²) in [5.74, 6) is 0. The van der Waals surface area contributed by atoms with Crippen molar-refractivity contribution in [1.82, 2.24) is 0 Å². The fourth-order valence-corrected chi connectivity index (χ4v) is 0.758. The predicted molar refractivity (Wildman–Crippen MR) is 50.3 cm³/mol. The molecule has 0 bridgehead atoms. The molecule has 0 aliphatic heterocycles. The molecule has 6 heteroatoms. The summed E-state index contributed by atoms with van der Waals surface area (Å²) in [4.78, 5) is 8.87. The molecule has 15 heavy (non-hydrogen) atoms. The van der Waals surface area contributed by atoms with Crippen LogP contribution in [0.2, 0.25) is 0 Å². The third-order valence-corrected chi connectivity index (χ3v) is 1.44. The second-order valence-electron chi connectivity index (χ2n) is 2.72. The molecule has 0 aliphatic carbocycles. The summed E-state index contributed by atoms with van der Waals surface area (Å²) in [6.07, 6.45) is 7.23. The Bertz CT molecular complexity index is 139. The minimum atomic E-state index is 0.444. The molecule has 0 unspecified atom stereocenters. The molecule has 0 aromatic carbocycles. The average molecular weight is 222 g/mol. The first kappa shape index (κ1) is 14.3. The van der Waals surface area contributed by atoms with E-state index in [9.17, 15) is 0 Å². The van der Waals surface area contributed by atoms with E-state index in [1.54, 1.807) is 13.0 Å². The van der Waals surface area contributed by atoms with Crippen LogP contribution in [0, 0.1) is 0 Å². The zero-order chi connectivity index (χ0) is 11.2. The lowest BCUT2D eigenvalue weighted by molar-refractivity contribution is -0.751. The van der Waals surface area contributed by atoms with Crippen molar-refractivity contribution in [2.24, 2.45) is 0 Å². The molecule has 0 N–H and O–H groups in total. The van der Waals surface area contributed by atoms with Gasteiger partial charge in [0, 0.05) is 10.1 Å². The maximum atomic E-state index is 4.59. The number of hydrogen-bond donors (Lipinski definition) is 0. The van der Waals surface area contributed by atoms with Crippen LogP contribution < -0.4 is 0 Å². The van der Waals surface area contributed by atoms with Crippen LogP contribution in [0.5, 0.6) is 0 Å². The molecule has 0 fully saturated rings. The van der Waals surface area contributed by atoms with E-state index in [-0.39, 0.29) is 0 Å². The topological polar surface area (TPSA) is 55.4 Å². The minimum absolute atomic E-state index is 0.444. The molecule has 6 nitrogen and oxygen atoms in total. The lowest BCUT2D eigenvalue weighted by Gasteiger charge is -2.00. The summed E-state index contributed by atoms with van der Waals surface area (Å²) in [6, 6.07) is 0. The highest BCUT2D eigenvalue weighted by Crippen LogP contribution is 1.99. The molecule has 0 atom stereocenters. The Morgan fingerprint density at radius 2 is 1.73 bits per heavy atom. The van der Waals surface area contributed by atoms with Crippen LogP contribution in [0.15, 0.2) is 12.3 Å². The lowest BCUT2D eigenvalue weighted by atomic mass is 10.2. The Labute approximate surface area is 89.3 Å². The molecule has 0 saturated heterocycles. The van der Waals surface area contributed by atoms with Crippen molar-refractivity contribution in [3.8, 4) is 0 Å². The summed E-state index contributed by atoms with van der Waals surface area (Å²) >= 11 is 0. The van der Waals surface area contributed by atoms with Gasteiger partial charge in [-0.1, -0.05) is 26.2 Å². The Morgan fingerprint density at radius 3 is 2.47 bits per heavy atom. The number of allylic oxidation sites excluding steroid dienone is 1. The highest BCUT2D eigenvalue weighted by atomic mass is 17.8. The van der Waals surface area contributed by atoms with Crippen molar-refractivity contribution in [1.29, 1.82) is 0 Å². The highest BCUT2D eigenvalue weighted by molar-refractivity contribution is 4.62. The SMILES string of the molecule is CC=COOOOOOCCCCCC. The van der Waals surface area contributed by atoms with Gasteiger partial charge in [0.1, 0.15) is 6.26 Å². The van der Waals surface area contributed by atoms with Gasteiger partial charge in [-0.3, -0.25) is 0 Å². The highest BCUT2D eigenvalue weighted by Gasteiger charge is 1.93. The predicted octanol–water partition coefficient (Wildman–Crippen LogP) is 2.77. The molecule has 0 aromatic rings. The molecule has 90 valence electrons. The van der Waals surface area contributed by atoms with E-state index in [0.29, 0.717) is 6.61 Å². The molecule has 0 saturated carbocycles. The van der Waals surface area contributed by atoms with Crippen LogP contribution in [0.25, 0.3) is 0 Å². The van der Waals surface area contributed by atoms with Gasteiger partial charge < -0.3 is 4.89 Å². The summed E-state index contributed by atoms with van der Waals surface area (Å²) in [5, 5.41) is 16.1. The fourth-order valence-electron chi connectivity index (χ4n) is 0.758. The van der Waals surface area contributed by atoms with Gasteiger partial charge in [-0.2, -0.15) is 0 Å². The summed E-state index contributed by atoms with van der Waals surface area (Å²) in [6.45, 7) is 4.33. The van der Waals surface area contributed by atoms with Crippen LogP contribution in [0.1, 0.15) is 39.5 Å². The molecular weight excluding hydrogens is 204 g/mol. The number of rotatable bonds is 11. The van der Waals surface area contributed by atoms with Crippen LogP contribution in [-0.4, -0.2) is 6.61 Å². The number of hydrogen-bond acceptors (Lipinski definition) is 6. The summed E-state index contributed by atoms with van der Waals surface area (Å²) < 4.78 is 0. The van der Waals surface area contributed by atoms with Gasteiger partial charge in [-0.25, -0.2) is 4.89 Å². The Morgan fingerprint density at radius 1 is 0.933 bits per heavy atom. The standard InChI is InChI=1S/C9H18O6/c1-3-5-6-7-9-11-13-15-14-12-10-8-4-2/h4,8H,3,5-7,9H2,1-2H3. The monoisotopic (exact) mass is 222 g/mol. The van der Waals surface area contributed by atoms with E-state index >= 15 is 0 Å². The molecule has 0 radical (unpaired) electrons. The van der Waals surface area contributed by atoms with Crippen molar-refractivity contribution in [2.45, 2.75) is 39.5 Å². The van der Waals surface area contributed by atoms with Crippen molar-refractivity contribution in [2.75, 3.05) is 6.61 Å².